The Kier molecular flexibility index (Phi) is 4.51. The number of nitrogens with zero attached hydrogens (tertiary/aromatic N) is 1. The van der Waals surface area contributed by atoms with Gasteiger partial charge >= 0.3 is 0 Å². The summed E-state index contributed by atoms with van der Waals surface area (Å²) in [5.41, 5.74) is 4.11. The minimum atomic E-state index is 0.505. The lowest BCUT2D eigenvalue weighted by molar-refractivity contribution is 0.139. The number of aromatic nitrogens is 1. The summed E-state index contributed by atoms with van der Waals surface area (Å²) in [4.78, 5) is 5.82. The second-order valence-corrected chi connectivity index (χ2v) is 6.34. The molecule has 1 saturated heterocycles. The molecule has 0 amide bonds. The van der Waals surface area contributed by atoms with E-state index in [2.05, 4.69) is 59.4 Å². The first kappa shape index (κ1) is 14.5. The molecule has 1 fully saturated rings. The molecule has 21 heavy (non-hydrogen) atoms. The number of benzene rings is 1. The van der Waals surface area contributed by atoms with E-state index in [-0.39, 0.29) is 0 Å². The Balaban J connectivity index is 1.86. The summed E-state index contributed by atoms with van der Waals surface area (Å²) in [5.74, 6) is 0. The molecule has 110 valence electrons. The van der Waals surface area contributed by atoms with E-state index in [1.54, 1.807) is 0 Å². The molecule has 2 heterocycles. The Morgan fingerprint density at radius 2 is 2.05 bits per heavy atom. The number of piperidine rings is 1. The van der Waals surface area contributed by atoms with Crippen molar-refractivity contribution in [1.29, 1.82) is 0 Å². The van der Waals surface area contributed by atoms with Gasteiger partial charge in [0.15, 0.2) is 0 Å². The largest absolute Gasteiger partial charge is 0.353 e. The standard InChI is InChI=1S/C18H22N2S/c1-14-11-18(21)19-12-16(14)17-9-5-6-10-20(17)13-15-7-3-2-4-8-15/h2-4,7-8,11-12,17H,5-6,9-10,13H2,1H3,(H,19,21)/t17-/m1/s1. The lowest BCUT2D eigenvalue weighted by atomic mass is 9.93. The highest BCUT2D eigenvalue weighted by molar-refractivity contribution is 7.71. The first-order chi connectivity index (χ1) is 10.2. The number of aromatic amines is 1. The normalized spacial score (nSPS) is 19.6. The van der Waals surface area contributed by atoms with Gasteiger partial charge in [0, 0.05) is 18.8 Å². The number of likely N-dealkylation sites (tertiary alicyclic amines) is 1. The van der Waals surface area contributed by atoms with Crippen molar-refractivity contribution in [3.63, 3.8) is 0 Å². The molecule has 0 unspecified atom stereocenters. The summed E-state index contributed by atoms with van der Waals surface area (Å²) in [5, 5.41) is 0. The van der Waals surface area contributed by atoms with E-state index in [0.29, 0.717) is 6.04 Å². The maximum atomic E-state index is 5.23. The second-order valence-electron chi connectivity index (χ2n) is 5.90. The highest BCUT2D eigenvalue weighted by atomic mass is 32.1. The van der Waals surface area contributed by atoms with Crippen LogP contribution in [-0.2, 0) is 6.54 Å². The Bertz CT molecular complexity index is 648. The van der Waals surface area contributed by atoms with Gasteiger partial charge in [-0.2, -0.15) is 0 Å². The quantitative estimate of drug-likeness (QED) is 0.822. The van der Waals surface area contributed by atoms with Crippen molar-refractivity contribution < 1.29 is 0 Å². The van der Waals surface area contributed by atoms with Gasteiger partial charge in [-0.05, 0) is 49.1 Å². The molecule has 0 spiro atoms. The molecule has 2 aromatic rings. The monoisotopic (exact) mass is 298 g/mol. The van der Waals surface area contributed by atoms with Crippen LogP contribution >= 0.6 is 12.2 Å². The summed E-state index contributed by atoms with van der Waals surface area (Å²) < 4.78 is 0.821. The number of nitrogens with one attached hydrogen (secondary N) is 1. The molecule has 1 atom stereocenters. The SMILES string of the molecule is Cc1cc(=S)[nH]cc1[C@H]1CCCCN1Cc1ccccc1. The fourth-order valence-electron chi connectivity index (χ4n) is 3.29. The van der Waals surface area contributed by atoms with Crippen LogP contribution in [0.25, 0.3) is 0 Å². The maximum absolute atomic E-state index is 5.23. The number of hydrogen-bond acceptors (Lipinski definition) is 2. The number of aryl methyl sites for hydroxylation is 1. The highest BCUT2D eigenvalue weighted by Crippen LogP contribution is 2.33. The Morgan fingerprint density at radius 3 is 2.81 bits per heavy atom. The zero-order valence-corrected chi connectivity index (χ0v) is 13.3. The smallest absolute Gasteiger partial charge is 0.103 e. The van der Waals surface area contributed by atoms with Crippen LogP contribution in [0.2, 0.25) is 0 Å². The molecule has 1 N–H and O–H groups in total. The maximum Gasteiger partial charge on any atom is 0.103 e. The van der Waals surface area contributed by atoms with E-state index in [9.17, 15) is 0 Å². The van der Waals surface area contributed by atoms with E-state index >= 15 is 0 Å². The third-order valence-electron chi connectivity index (χ3n) is 4.37. The lowest BCUT2D eigenvalue weighted by Gasteiger charge is -2.36. The third kappa shape index (κ3) is 3.42. The third-order valence-corrected chi connectivity index (χ3v) is 4.61. The first-order valence-electron chi connectivity index (χ1n) is 7.71. The van der Waals surface area contributed by atoms with Crippen LogP contribution in [0, 0.1) is 11.6 Å². The van der Waals surface area contributed by atoms with Gasteiger partial charge in [-0.25, -0.2) is 0 Å². The number of rotatable bonds is 3. The van der Waals surface area contributed by atoms with Crippen LogP contribution in [0.4, 0.5) is 0 Å². The molecule has 3 heteroatoms. The Morgan fingerprint density at radius 1 is 1.24 bits per heavy atom. The van der Waals surface area contributed by atoms with E-state index in [4.69, 9.17) is 12.2 Å². The summed E-state index contributed by atoms with van der Waals surface area (Å²) in [6.45, 7) is 4.38. The molecule has 1 aliphatic heterocycles. The molecule has 1 aromatic heterocycles. The van der Waals surface area contributed by atoms with Crippen LogP contribution in [0.5, 0.6) is 0 Å². The van der Waals surface area contributed by atoms with E-state index in [1.165, 1.54) is 42.5 Å². The zero-order valence-electron chi connectivity index (χ0n) is 12.5. The van der Waals surface area contributed by atoms with Crippen LogP contribution in [0.3, 0.4) is 0 Å². The predicted molar refractivity (Wildman–Crippen MR) is 89.8 cm³/mol. The Labute approximate surface area is 131 Å². The average molecular weight is 298 g/mol. The summed E-state index contributed by atoms with van der Waals surface area (Å²) in [6.07, 6.45) is 5.96. The van der Waals surface area contributed by atoms with Crippen LogP contribution in [-0.4, -0.2) is 16.4 Å². The molecule has 0 saturated carbocycles. The molecule has 1 aliphatic rings. The highest BCUT2D eigenvalue weighted by Gasteiger charge is 2.25. The zero-order chi connectivity index (χ0) is 14.7. The van der Waals surface area contributed by atoms with E-state index in [0.717, 1.165) is 11.2 Å². The summed E-state index contributed by atoms with van der Waals surface area (Å²) in [6, 6.07) is 13.4. The number of pyridine rings is 1. The second kappa shape index (κ2) is 6.54. The molecule has 0 radical (unpaired) electrons. The van der Waals surface area contributed by atoms with Crippen LogP contribution in [0.1, 0.15) is 42.0 Å². The molecule has 1 aromatic carbocycles. The van der Waals surface area contributed by atoms with Crippen molar-refractivity contribution >= 4 is 12.2 Å². The van der Waals surface area contributed by atoms with E-state index in [1.807, 2.05) is 0 Å². The van der Waals surface area contributed by atoms with Crippen molar-refractivity contribution in [2.45, 2.75) is 38.8 Å². The van der Waals surface area contributed by atoms with Crippen molar-refractivity contribution in [2.24, 2.45) is 0 Å². The molecular formula is C18H22N2S. The predicted octanol–water partition coefficient (Wildman–Crippen LogP) is 4.78. The van der Waals surface area contributed by atoms with Gasteiger partial charge < -0.3 is 4.98 Å². The van der Waals surface area contributed by atoms with Crippen molar-refractivity contribution in [3.05, 3.63) is 63.9 Å². The average Bonchev–Trinajstić information content (AvgIpc) is 2.49. The van der Waals surface area contributed by atoms with Gasteiger partial charge in [0.25, 0.3) is 0 Å². The topological polar surface area (TPSA) is 19.0 Å². The van der Waals surface area contributed by atoms with E-state index < -0.39 is 0 Å². The molecule has 0 bridgehead atoms. The molecular weight excluding hydrogens is 276 g/mol. The van der Waals surface area contributed by atoms with Gasteiger partial charge in [-0.3, -0.25) is 4.90 Å². The minimum Gasteiger partial charge on any atom is -0.353 e. The first-order valence-corrected chi connectivity index (χ1v) is 8.12. The van der Waals surface area contributed by atoms with Crippen molar-refractivity contribution in [3.8, 4) is 0 Å². The van der Waals surface area contributed by atoms with Gasteiger partial charge in [-0.15, -0.1) is 0 Å². The van der Waals surface area contributed by atoms with Crippen molar-refractivity contribution in [2.75, 3.05) is 6.54 Å². The minimum absolute atomic E-state index is 0.505. The molecule has 2 nitrogen and oxygen atoms in total. The van der Waals surface area contributed by atoms with Crippen LogP contribution < -0.4 is 0 Å². The number of H-pyrrole nitrogens is 1. The van der Waals surface area contributed by atoms with Gasteiger partial charge in [-0.1, -0.05) is 49.0 Å². The number of hydrogen-bond donors (Lipinski definition) is 1. The summed E-state index contributed by atoms with van der Waals surface area (Å²) in [7, 11) is 0. The molecule has 0 aliphatic carbocycles. The molecule has 3 rings (SSSR count). The van der Waals surface area contributed by atoms with Gasteiger partial charge in [0.2, 0.25) is 0 Å². The van der Waals surface area contributed by atoms with Gasteiger partial charge in [0.05, 0.1) is 0 Å². The fraction of sp³-hybridized carbons (Fsp3) is 0.389. The summed E-state index contributed by atoms with van der Waals surface area (Å²) >= 11 is 5.23. The fourth-order valence-corrected chi connectivity index (χ4v) is 3.53. The van der Waals surface area contributed by atoms with Crippen molar-refractivity contribution in [1.82, 2.24) is 9.88 Å². The van der Waals surface area contributed by atoms with Crippen LogP contribution in [0.15, 0.2) is 42.6 Å². The van der Waals surface area contributed by atoms with Gasteiger partial charge in [0.1, 0.15) is 4.64 Å². The Hall–Kier alpha value is -1.45. The lowest BCUT2D eigenvalue weighted by Crippen LogP contribution is -2.33.